The number of nitrogens with zero attached hydrogens (tertiary/aromatic N) is 3. The van der Waals surface area contributed by atoms with Gasteiger partial charge in [-0.05, 0) is 50.3 Å². The summed E-state index contributed by atoms with van der Waals surface area (Å²) in [6.07, 6.45) is 6.85. The van der Waals surface area contributed by atoms with Crippen LogP contribution in [0.5, 0.6) is 0 Å². The fourth-order valence-electron chi connectivity index (χ4n) is 3.59. The summed E-state index contributed by atoms with van der Waals surface area (Å²) in [6.45, 7) is 5.05. The van der Waals surface area contributed by atoms with Crippen molar-refractivity contribution in [2.75, 3.05) is 18.0 Å². The lowest BCUT2D eigenvalue weighted by Crippen LogP contribution is -2.43. The molecular formula is C15H24N4. The van der Waals surface area contributed by atoms with Crippen molar-refractivity contribution in [1.29, 1.82) is 0 Å². The maximum Gasteiger partial charge on any atom is 0.151 e. The third-order valence-electron chi connectivity index (χ3n) is 4.55. The van der Waals surface area contributed by atoms with Crippen LogP contribution in [0.25, 0.3) is 0 Å². The first-order valence-electron chi connectivity index (χ1n) is 7.68. The number of nitrogens with one attached hydrogen (secondary N) is 1. The minimum atomic E-state index is 0.725. The molecule has 4 heteroatoms. The second kappa shape index (κ2) is 5.87. The Morgan fingerprint density at radius 3 is 2.89 bits per heavy atom. The van der Waals surface area contributed by atoms with E-state index in [1.54, 1.807) is 0 Å². The molecule has 4 nitrogen and oxygen atoms in total. The first kappa shape index (κ1) is 12.9. The Kier molecular flexibility index (Phi) is 3.97. The van der Waals surface area contributed by atoms with E-state index in [1.165, 1.54) is 32.1 Å². The van der Waals surface area contributed by atoms with Crippen LogP contribution < -0.4 is 10.2 Å². The van der Waals surface area contributed by atoms with E-state index in [9.17, 15) is 0 Å². The van der Waals surface area contributed by atoms with Gasteiger partial charge < -0.3 is 10.2 Å². The highest BCUT2D eigenvalue weighted by Crippen LogP contribution is 2.38. The molecule has 104 valence electrons. The van der Waals surface area contributed by atoms with Gasteiger partial charge in [0.05, 0.1) is 5.69 Å². The fraction of sp³-hybridized carbons (Fsp3) is 0.733. The Balaban J connectivity index is 1.70. The molecule has 1 aliphatic carbocycles. The van der Waals surface area contributed by atoms with Gasteiger partial charge in [0.15, 0.2) is 5.82 Å². The van der Waals surface area contributed by atoms with Gasteiger partial charge in [-0.25, -0.2) is 0 Å². The van der Waals surface area contributed by atoms with Crippen LogP contribution in [-0.4, -0.2) is 29.3 Å². The second-order valence-electron chi connectivity index (χ2n) is 5.76. The van der Waals surface area contributed by atoms with Crippen molar-refractivity contribution < 1.29 is 0 Å². The van der Waals surface area contributed by atoms with Gasteiger partial charge in [0, 0.05) is 19.1 Å². The third kappa shape index (κ3) is 2.73. The van der Waals surface area contributed by atoms with Gasteiger partial charge in [-0.1, -0.05) is 13.3 Å². The molecule has 1 saturated heterocycles. The summed E-state index contributed by atoms with van der Waals surface area (Å²) in [5.74, 6) is 1.98. The summed E-state index contributed by atoms with van der Waals surface area (Å²) in [6, 6.07) is 4.99. The molecule has 1 aromatic rings. The minimum absolute atomic E-state index is 0.725. The first-order chi connectivity index (χ1) is 9.38. The van der Waals surface area contributed by atoms with Crippen molar-refractivity contribution in [2.24, 2.45) is 5.92 Å². The van der Waals surface area contributed by atoms with E-state index < -0.39 is 0 Å². The van der Waals surface area contributed by atoms with Crippen LogP contribution in [-0.2, 0) is 6.54 Å². The highest BCUT2D eigenvalue weighted by Gasteiger charge is 2.35. The van der Waals surface area contributed by atoms with Crippen molar-refractivity contribution in [3.63, 3.8) is 0 Å². The van der Waals surface area contributed by atoms with E-state index in [2.05, 4.69) is 39.5 Å². The van der Waals surface area contributed by atoms with Gasteiger partial charge >= 0.3 is 0 Å². The van der Waals surface area contributed by atoms with E-state index in [0.29, 0.717) is 0 Å². The van der Waals surface area contributed by atoms with Crippen LogP contribution in [0, 0.1) is 5.92 Å². The molecule has 2 aliphatic rings. The number of piperidine rings is 1. The fourth-order valence-corrected chi connectivity index (χ4v) is 3.59. The van der Waals surface area contributed by atoms with Crippen molar-refractivity contribution in [2.45, 2.75) is 51.6 Å². The van der Waals surface area contributed by atoms with Crippen molar-refractivity contribution >= 4 is 5.82 Å². The van der Waals surface area contributed by atoms with Crippen LogP contribution in [0.1, 0.15) is 44.7 Å². The molecule has 0 spiro atoms. The quantitative estimate of drug-likeness (QED) is 0.902. The van der Waals surface area contributed by atoms with Gasteiger partial charge in [0.2, 0.25) is 0 Å². The lowest BCUT2D eigenvalue weighted by Gasteiger charge is -2.38. The molecule has 1 aliphatic heterocycles. The summed E-state index contributed by atoms with van der Waals surface area (Å²) < 4.78 is 0. The highest BCUT2D eigenvalue weighted by atomic mass is 15.3. The maximum absolute atomic E-state index is 4.45. The van der Waals surface area contributed by atoms with Crippen LogP contribution in [0.2, 0.25) is 0 Å². The predicted molar refractivity (Wildman–Crippen MR) is 77.1 cm³/mol. The van der Waals surface area contributed by atoms with E-state index in [-0.39, 0.29) is 0 Å². The normalized spacial score (nSPS) is 26.5. The van der Waals surface area contributed by atoms with Crippen molar-refractivity contribution in [3.05, 3.63) is 17.8 Å². The van der Waals surface area contributed by atoms with Gasteiger partial charge in [0.25, 0.3) is 0 Å². The summed E-state index contributed by atoms with van der Waals surface area (Å²) in [7, 11) is 0. The Labute approximate surface area is 115 Å². The van der Waals surface area contributed by atoms with Gasteiger partial charge in [-0.15, -0.1) is 5.10 Å². The molecule has 1 N–H and O–H groups in total. The molecule has 19 heavy (non-hydrogen) atoms. The first-order valence-corrected chi connectivity index (χ1v) is 7.68. The molecule has 2 fully saturated rings. The standard InChI is InChI=1S/C15H24N4/c1-2-16-11-13-8-9-15(18-17-13)19-10-4-6-12-5-3-7-14(12)19/h8-9,12,14,16H,2-7,10-11H2,1H3. The largest absolute Gasteiger partial charge is 0.352 e. The van der Waals surface area contributed by atoms with Gasteiger partial charge in [-0.3, -0.25) is 0 Å². The Morgan fingerprint density at radius 1 is 1.21 bits per heavy atom. The van der Waals surface area contributed by atoms with E-state index in [1.807, 2.05) is 0 Å². The maximum atomic E-state index is 4.45. The van der Waals surface area contributed by atoms with Crippen molar-refractivity contribution in [1.82, 2.24) is 15.5 Å². The zero-order valence-corrected chi connectivity index (χ0v) is 11.8. The minimum Gasteiger partial charge on any atom is -0.352 e. The molecule has 0 amide bonds. The highest BCUT2D eigenvalue weighted by molar-refractivity contribution is 5.40. The monoisotopic (exact) mass is 260 g/mol. The number of aromatic nitrogens is 2. The number of hydrogen-bond acceptors (Lipinski definition) is 4. The zero-order chi connectivity index (χ0) is 13.1. The lowest BCUT2D eigenvalue weighted by atomic mass is 9.92. The van der Waals surface area contributed by atoms with Crippen LogP contribution in [0.15, 0.2) is 12.1 Å². The summed E-state index contributed by atoms with van der Waals surface area (Å²) in [5.41, 5.74) is 1.03. The van der Waals surface area contributed by atoms with Crippen LogP contribution >= 0.6 is 0 Å². The van der Waals surface area contributed by atoms with Crippen LogP contribution in [0.3, 0.4) is 0 Å². The molecule has 1 aromatic heterocycles. The molecule has 0 aromatic carbocycles. The molecule has 0 radical (unpaired) electrons. The topological polar surface area (TPSA) is 41.0 Å². The Bertz CT molecular complexity index is 403. The Hall–Kier alpha value is -1.16. The molecule has 2 heterocycles. The molecule has 2 atom stereocenters. The summed E-state index contributed by atoms with van der Waals surface area (Å²) in [5, 5.41) is 12.1. The molecule has 3 rings (SSSR count). The van der Waals surface area contributed by atoms with Gasteiger partial charge in [-0.2, -0.15) is 5.10 Å². The summed E-state index contributed by atoms with van der Waals surface area (Å²) >= 11 is 0. The van der Waals surface area contributed by atoms with E-state index >= 15 is 0 Å². The average Bonchev–Trinajstić information content (AvgIpc) is 2.94. The zero-order valence-electron chi connectivity index (χ0n) is 11.8. The van der Waals surface area contributed by atoms with Crippen molar-refractivity contribution in [3.8, 4) is 0 Å². The predicted octanol–water partition coefficient (Wildman–Crippen LogP) is 2.36. The van der Waals surface area contributed by atoms with Gasteiger partial charge in [0.1, 0.15) is 0 Å². The molecule has 1 saturated carbocycles. The van der Waals surface area contributed by atoms with Crippen LogP contribution in [0.4, 0.5) is 5.82 Å². The Morgan fingerprint density at radius 2 is 2.11 bits per heavy atom. The van der Waals surface area contributed by atoms with E-state index in [4.69, 9.17) is 0 Å². The summed E-state index contributed by atoms with van der Waals surface area (Å²) in [4.78, 5) is 2.51. The lowest BCUT2D eigenvalue weighted by molar-refractivity contribution is 0.360. The number of rotatable bonds is 4. The second-order valence-corrected chi connectivity index (χ2v) is 5.76. The molecule has 0 bridgehead atoms. The number of fused-ring (bicyclic) bond motifs is 1. The smallest absolute Gasteiger partial charge is 0.151 e. The SMILES string of the molecule is CCNCc1ccc(N2CCCC3CCCC32)nn1. The number of anilines is 1. The average molecular weight is 260 g/mol. The molecule has 2 unspecified atom stereocenters. The number of hydrogen-bond donors (Lipinski definition) is 1. The third-order valence-corrected chi connectivity index (χ3v) is 4.55. The van der Waals surface area contributed by atoms with E-state index in [0.717, 1.165) is 43.1 Å². The molecular weight excluding hydrogens is 236 g/mol.